The molecule has 0 fully saturated rings. The average Bonchev–Trinajstić information content (AvgIpc) is 2.38. The van der Waals surface area contributed by atoms with E-state index in [2.05, 4.69) is 32.7 Å². The summed E-state index contributed by atoms with van der Waals surface area (Å²) >= 11 is 0. The zero-order valence-electron chi connectivity index (χ0n) is 14.9. The molecular formula is C11H32O6Si4. The molecule has 0 rings (SSSR count). The average molecular weight is 373 g/mol. The Morgan fingerprint density at radius 2 is 1.19 bits per heavy atom. The zero-order valence-corrected chi connectivity index (χ0v) is 19.1. The molecular weight excluding hydrogens is 340 g/mol. The van der Waals surface area contributed by atoms with Crippen LogP contribution in [0.25, 0.3) is 0 Å². The van der Waals surface area contributed by atoms with Crippen LogP contribution in [0.15, 0.2) is 0 Å². The molecule has 0 aromatic carbocycles. The van der Waals surface area contributed by atoms with Crippen molar-refractivity contribution in [3.05, 3.63) is 0 Å². The second-order valence-corrected chi connectivity index (χ2v) is 19.6. The lowest BCUT2D eigenvalue weighted by molar-refractivity contribution is 0.124. The van der Waals surface area contributed by atoms with Crippen molar-refractivity contribution >= 4 is 35.0 Å². The van der Waals surface area contributed by atoms with Gasteiger partial charge in [-0.25, -0.2) is 0 Å². The lowest BCUT2D eigenvalue weighted by Crippen LogP contribution is -2.49. The minimum absolute atomic E-state index is 0.682. The van der Waals surface area contributed by atoms with Crippen LogP contribution in [0.5, 0.6) is 0 Å². The van der Waals surface area contributed by atoms with Crippen LogP contribution in [0.3, 0.4) is 0 Å². The maximum absolute atomic E-state index is 6.22. The highest BCUT2D eigenvalue weighted by molar-refractivity contribution is 6.80. The van der Waals surface area contributed by atoms with E-state index in [-0.39, 0.29) is 0 Å². The summed E-state index contributed by atoms with van der Waals surface area (Å²) in [5.41, 5.74) is 0. The molecule has 0 aromatic heterocycles. The summed E-state index contributed by atoms with van der Waals surface area (Å²) in [6.45, 7) is 10.6. The molecule has 0 aliphatic rings. The van der Waals surface area contributed by atoms with Crippen molar-refractivity contribution in [3.8, 4) is 0 Å². The normalized spacial score (nSPS) is 17.6. The molecule has 0 aliphatic heterocycles. The molecule has 6 nitrogen and oxygen atoms in total. The van der Waals surface area contributed by atoms with Crippen LogP contribution in [0.1, 0.15) is 0 Å². The third kappa shape index (κ3) is 8.15. The molecule has 0 aromatic rings. The molecule has 0 saturated carbocycles. The second-order valence-electron chi connectivity index (χ2n) is 6.05. The Morgan fingerprint density at radius 3 is 1.52 bits per heavy atom. The van der Waals surface area contributed by atoms with Gasteiger partial charge in [0.25, 0.3) is 9.28 Å². The molecule has 0 radical (unpaired) electrons. The summed E-state index contributed by atoms with van der Waals surface area (Å²) in [7, 11) is -1.57. The van der Waals surface area contributed by atoms with Crippen molar-refractivity contribution in [1.82, 2.24) is 0 Å². The standard InChI is InChI=1S/C11H32O6Si4/c1-12-20(9,17-18(5)16-19(6,7)8)10-11-21(13-2,14-3)15-4/h18H,10-11H2,1-9H3. The Bertz CT molecular complexity index is 289. The van der Waals surface area contributed by atoms with E-state index < -0.39 is 35.0 Å². The lowest BCUT2D eigenvalue weighted by atomic mass is 10.9. The van der Waals surface area contributed by atoms with Crippen LogP contribution in [0.4, 0.5) is 0 Å². The van der Waals surface area contributed by atoms with E-state index in [1.165, 1.54) is 0 Å². The molecule has 0 saturated heterocycles. The molecule has 128 valence electrons. The van der Waals surface area contributed by atoms with Gasteiger partial charge in [0.1, 0.15) is 0 Å². The molecule has 0 amide bonds. The van der Waals surface area contributed by atoms with Gasteiger partial charge in [-0.2, -0.15) is 0 Å². The molecule has 2 unspecified atom stereocenters. The van der Waals surface area contributed by atoms with Crippen molar-refractivity contribution in [2.45, 2.75) is 44.8 Å². The van der Waals surface area contributed by atoms with Gasteiger partial charge >= 0.3 is 17.4 Å². The van der Waals surface area contributed by atoms with Crippen molar-refractivity contribution in [1.29, 1.82) is 0 Å². The fourth-order valence-electron chi connectivity index (χ4n) is 2.02. The van der Waals surface area contributed by atoms with Gasteiger partial charge in [-0.3, -0.25) is 0 Å². The van der Waals surface area contributed by atoms with Crippen LogP contribution in [-0.2, 0) is 25.9 Å². The molecule has 0 aliphatic carbocycles. The largest absolute Gasteiger partial charge is 0.500 e. The van der Waals surface area contributed by atoms with Gasteiger partial charge < -0.3 is 25.9 Å². The van der Waals surface area contributed by atoms with Crippen molar-refractivity contribution < 1.29 is 25.9 Å². The predicted octanol–water partition coefficient (Wildman–Crippen LogP) is 2.30. The molecule has 2 atom stereocenters. The van der Waals surface area contributed by atoms with Gasteiger partial charge in [0.2, 0.25) is 0 Å². The maximum Gasteiger partial charge on any atom is 0.500 e. The van der Waals surface area contributed by atoms with Gasteiger partial charge in [-0.15, -0.1) is 0 Å². The quantitative estimate of drug-likeness (QED) is 0.519. The summed E-state index contributed by atoms with van der Waals surface area (Å²) in [5, 5.41) is 0. The van der Waals surface area contributed by atoms with Gasteiger partial charge in [0.05, 0.1) is 0 Å². The highest BCUT2D eigenvalue weighted by atomic mass is 28.5. The third-order valence-corrected chi connectivity index (χ3v) is 15.9. The van der Waals surface area contributed by atoms with E-state index in [4.69, 9.17) is 25.9 Å². The van der Waals surface area contributed by atoms with E-state index in [9.17, 15) is 0 Å². The first-order chi connectivity index (χ1) is 9.55. The van der Waals surface area contributed by atoms with Crippen LogP contribution in [-0.4, -0.2) is 63.4 Å². The number of rotatable bonds is 11. The summed E-state index contributed by atoms with van der Waals surface area (Å²) in [6, 6.07) is 1.44. The number of hydrogen-bond donors (Lipinski definition) is 0. The topological polar surface area (TPSA) is 55.4 Å². The Kier molecular flexibility index (Phi) is 9.32. The Hall–Kier alpha value is 0.628. The number of hydrogen-bond acceptors (Lipinski definition) is 6. The van der Waals surface area contributed by atoms with Gasteiger partial charge in [-0.05, 0) is 38.8 Å². The van der Waals surface area contributed by atoms with Crippen LogP contribution in [0.2, 0.25) is 44.8 Å². The summed E-state index contributed by atoms with van der Waals surface area (Å²) in [4.78, 5) is 0. The minimum Gasteiger partial charge on any atom is -0.439 e. The van der Waals surface area contributed by atoms with Crippen LogP contribution < -0.4 is 0 Å². The molecule has 0 spiro atoms. The Balaban J connectivity index is 4.66. The second kappa shape index (κ2) is 9.05. The Labute approximate surface area is 134 Å². The molecule has 10 heteroatoms. The van der Waals surface area contributed by atoms with E-state index in [1.807, 2.05) is 0 Å². The monoisotopic (exact) mass is 372 g/mol. The Morgan fingerprint density at radius 1 is 0.714 bits per heavy atom. The van der Waals surface area contributed by atoms with E-state index >= 15 is 0 Å². The fraction of sp³-hybridized carbons (Fsp3) is 1.00. The smallest absolute Gasteiger partial charge is 0.439 e. The third-order valence-electron chi connectivity index (χ3n) is 3.18. The van der Waals surface area contributed by atoms with Crippen molar-refractivity contribution in [2.24, 2.45) is 0 Å². The van der Waals surface area contributed by atoms with Crippen molar-refractivity contribution in [3.63, 3.8) is 0 Å². The predicted molar refractivity (Wildman–Crippen MR) is 93.6 cm³/mol. The molecule has 21 heavy (non-hydrogen) atoms. The van der Waals surface area contributed by atoms with Crippen LogP contribution in [0, 0.1) is 0 Å². The molecule has 0 bridgehead atoms. The van der Waals surface area contributed by atoms with E-state index in [1.54, 1.807) is 28.4 Å². The van der Waals surface area contributed by atoms with E-state index in [0.717, 1.165) is 6.04 Å². The maximum atomic E-state index is 6.22. The molecule has 0 N–H and O–H groups in total. The van der Waals surface area contributed by atoms with Crippen LogP contribution >= 0.6 is 0 Å². The first-order valence-corrected chi connectivity index (χ1v) is 17.1. The highest BCUT2D eigenvalue weighted by Gasteiger charge is 2.43. The highest BCUT2D eigenvalue weighted by Crippen LogP contribution is 2.24. The zero-order chi connectivity index (χ0) is 16.7. The summed E-state index contributed by atoms with van der Waals surface area (Å²) in [6.07, 6.45) is 0. The lowest BCUT2D eigenvalue weighted by Gasteiger charge is -2.33. The first-order valence-electron chi connectivity index (χ1n) is 7.11. The minimum atomic E-state index is -2.58. The summed E-state index contributed by atoms with van der Waals surface area (Å²) in [5.74, 6) is 0. The van der Waals surface area contributed by atoms with Gasteiger partial charge in [0, 0.05) is 34.5 Å². The summed E-state index contributed by atoms with van der Waals surface area (Å²) < 4.78 is 34.3. The van der Waals surface area contributed by atoms with Gasteiger partial charge in [-0.1, -0.05) is 0 Å². The fourth-order valence-corrected chi connectivity index (χ4v) is 14.6. The van der Waals surface area contributed by atoms with Crippen molar-refractivity contribution in [2.75, 3.05) is 28.4 Å². The van der Waals surface area contributed by atoms with Gasteiger partial charge in [0.15, 0.2) is 8.32 Å². The first kappa shape index (κ1) is 21.6. The SMILES string of the molecule is CO[Si](C)(CC[Si](OC)(OC)OC)O[SiH](C)O[Si](C)(C)C. The van der Waals surface area contributed by atoms with E-state index in [0.29, 0.717) is 6.04 Å². The molecule has 0 heterocycles.